The van der Waals surface area contributed by atoms with Crippen molar-refractivity contribution in [1.82, 2.24) is 4.90 Å². The summed E-state index contributed by atoms with van der Waals surface area (Å²) in [5.74, 6) is 1.22. The molecule has 0 spiro atoms. The Morgan fingerprint density at radius 1 is 1.42 bits per heavy atom. The van der Waals surface area contributed by atoms with Crippen LogP contribution in [0, 0.1) is 0 Å². The Kier molecular flexibility index (Phi) is 4.68. The number of rotatable bonds is 3. The molecule has 0 aromatic heterocycles. The standard InChI is InChI=1S/C9H18INS/c1-3-9(10)4-6-11(7-5-9)8-12-2/h3-8H2,1-2H3. The van der Waals surface area contributed by atoms with Crippen molar-refractivity contribution in [1.29, 1.82) is 0 Å². The van der Waals surface area contributed by atoms with Crippen LogP contribution in [0.4, 0.5) is 0 Å². The molecule has 1 nitrogen and oxygen atoms in total. The summed E-state index contributed by atoms with van der Waals surface area (Å²) < 4.78 is 0.618. The minimum Gasteiger partial charge on any atom is -0.294 e. The molecule has 1 fully saturated rings. The van der Waals surface area contributed by atoms with Gasteiger partial charge in [0.1, 0.15) is 0 Å². The predicted octanol–water partition coefficient (Wildman–Crippen LogP) is 2.99. The van der Waals surface area contributed by atoms with Gasteiger partial charge in [-0.25, -0.2) is 0 Å². The van der Waals surface area contributed by atoms with Crippen LogP contribution in [0.25, 0.3) is 0 Å². The summed E-state index contributed by atoms with van der Waals surface area (Å²) in [6, 6.07) is 0. The molecular weight excluding hydrogens is 281 g/mol. The quantitative estimate of drug-likeness (QED) is 0.582. The zero-order valence-corrected chi connectivity index (χ0v) is 11.0. The summed E-state index contributed by atoms with van der Waals surface area (Å²) in [6.07, 6.45) is 6.28. The maximum absolute atomic E-state index is 2.66. The van der Waals surface area contributed by atoms with Gasteiger partial charge < -0.3 is 0 Å². The molecule has 0 radical (unpaired) electrons. The molecular formula is C9H18INS. The van der Waals surface area contributed by atoms with Gasteiger partial charge in [0.2, 0.25) is 0 Å². The van der Waals surface area contributed by atoms with Crippen LogP contribution in [-0.2, 0) is 0 Å². The third-order valence-electron chi connectivity index (χ3n) is 2.70. The number of nitrogens with zero attached hydrogens (tertiary/aromatic N) is 1. The topological polar surface area (TPSA) is 3.24 Å². The summed E-state index contributed by atoms with van der Waals surface area (Å²) >= 11 is 4.60. The lowest BCUT2D eigenvalue weighted by Crippen LogP contribution is -2.40. The Morgan fingerprint density at radius 2 is 2.00 bits per heavy atom. The summed E-state index contributed by atoms with van der Waals surface area (Å²) in [7, 11) is 0. The molecule has 0 atom stereocenters. The van der Waals surface area contributed by atoms with E-state index in [4.69, 9.17) is 0 Å². The highest BCUT2D eigenvalue weighted by Crippen LogP contribution is 2.34. The molecule has 1 aliphatic heterocycles. The number of thioether (sulfide) groups is 1. The molecule has 1 rings (SSSR count). The first-order chi connectivity index (χ1) is 5.70. The van der Waals surface area contributed by atoms with E-state index in [0.717, 1.165) is 0 Å². The fraction of sp³-hybridized carbons (Fsp3) is 1.00. The van der Waals surface area contributed by atoms with Gasteiger partial charge in [0.05, 0.1) is 0 Å². The summed E-state index contributed by atoms with van der Waals surface area (Å²) in [5.41, 5.74) is 0. The molecule has 0 aromatic carbocycles. The Balaban J connectivity index is 2.29. The van der Waals surface area contributed by atoms with Crippen molar-refractivity contribution in [2.75, 3.05) is 25.2 Å². The third kappa shape index (κ3) is 3.07. The lowest BCUT2D eigenvalue weighted by molar-refractivity contribution is 0.235. The smallest absolute Gasteiger partial charge is 0.0441 e. The maximum atomic E-state index is 2.66. The molecule has 72 valence electrons. The van der Waals surface area contributed by atoms with E-state index in [1.54, 1.807) is 0 Å². The Hall–Kier alpha value is 1.04. The average molecular weight is 299 g/mol. The zero-order chi connectivity index (χ0) is 9.03. The number of likely N-dealkylation sites (tertiary alicyclic amines) is 1. The Morgan fingerprint density at radius 3 is 2.42 bits per heavy atom. The van der Waals surface area contributed by atoms with Crippen molar-refractivity contribution in [3.63, 3.8) is 0 Å². The molecule has 0 amide bonds. The van der Waals surface area contributed by atoms with E-state index < -0.39 is 0 Å². The second-order valence-electron chi connectivity index (χ2n) is 3.54. The Bertz CT molecular complexity index is 132. The van der Waals surface area contributed by atoms with Crippen molar-refractivity contribution in [2.45, 2.75) is 29.6 Å². The summed E-state index contributed by atoms with van der Waals surface area (Å²) in [6.45, 7) is 4.92. The van der Waals surface area contributed by atoms with Gasteiger partial charge in [-0.15, -0.1) is 11.8 Å². The molecule has 0 saturated carbocycles. The number of halogens is 1. The molecule has 0 unspecified atom stereocenters. The third-order valence-corrected chi connectivity index (χ3v) is 5.16. The first-order valence-corrected chi connectivity index (χ1v) is 7.07. The van der Waals surface area contributed by atoms with Gasteiger partial charge in [-0.2, -0.15) is 0 Å². The number of alkyl halides is 1. The van der Waals surface area contributed by atoms with E-state index in [-0.39, 0.29) is 0 Å². The number of hydrogen-bond acceptors (Lipinski definition) is 2. The van der Waals surface area contributed by atoms with E-state index in [1.165, 1.54) is 38.2 Å². The predicted molar refractivity (Wildman–Crippen MR) is 66.2 cm³/mol. The van der Waals surface area contributed by atoms with Crippen molar-refractivity contribution in [3.8, 4) is 0 Å². The second kappa shape index (κ2) is 5.05. The number of hydrogen-bond donors (Lipinski definition) is 0. The lowest BCUT2D eigenvalue weighted by atomic mass is 9.95. The van der Waals surface area contributed by atoms with Gasteiger partial charge in [-0.3, -0.25) is 4.90 Å². The molecule has 1 saturated heterocycles. The van der Waals surface area contributed by atoms with E-state index >= 15 is 0 Å². The molecule has 0 aromatic rings. The van der Waals surface area contributed by atoms with Crippen LogP contribution in [0.2, 0.25) is 0 Å². The summed E-state index contributed by atoms with van der Waals surface area (Å²) in [5, 5.41) is 0. The monoisotopic (exact) mass is 299 g/mol. The molecule has 0 bridgehead atoms. The first-order valence-electron chi connectivity index (χ1n) is 4.60. The van der Waals surface area contributed by atoms with E-state index in [2.05, 4.69) is 40.7 Å². The van der Waals surface area contributed by atoms with Gasteiger partial charge in [0, 0.05) is 22.4 Å². The van der Waals surface area contributed by atoms with Crippen LogP contribution < -0.4 is 0 Å². The Labute approximate surface area is 93.8 Å². The van der Waals surface area contributed by atoms with Gasteiger partial charge in [0.15, 0.2) is 0 Å². The lowest BCUT2D eigenvalue weighted by Gasteiger charge is -2.37. The minimum absolute atomic E-state index is 0.618. The van der Waals surface area contributed by atoms with Crippen LogP contribution in [-0.4, -0.2) is 33.5 Å². The molecule has 0 aliphatic carbocycles. The van der Waals surface area contributed by atoms with Crippen LogP contribution >= 0.6 is 34.4 Å². The van der Waals surface area contributed by atoms with Gasteiger partial charge >= 0.3 is 0 Å². The minimum atomic E-state index is 0.618. The van der Waals surface area contributed by atoms with Crippen LogP contribution in [0.3, 0.4) is 0 Å². The molecule has 12 heavy (non-hydrogen) atoms. The highest BCUT2D eigenvalue weighted by Gasteiger charge is 2.29. The SMILES string of the molecule is CCC1(I)CCN(CSC)CC1. The molecule has 1 aliphatic rings. The van der Waals surface area contributed by atoms with E-state index in [1.807, 2.05) is 11.8 Å². The normalized spacial score (nSPS) is 24.2. The van der Waals surface area contributed by atoms with E-state index in [0.29, 0.717) is 3.42 Å². The van der Waals surface area contributed by atoms with Crippen LogP contribution in [0.5, 0.6) is 0 Å². The highest BCUT2D eigenvalue weighted by molar-refractivity contribution is 14.1. The van der Waals surface area contributed by atoms with Crippen LogP contribution in [0.15, 0.2) is 0 Å². The maximum Gasteiger partial charge on any atom is 0.0441 e. The average Bonchev–Trinajstić information content (AvgIpc) is 2.10. The fourth-order valence-electron chi connectivity index (χ4n) is 1.62. The van der Waals surface area contributed by atoms with E-state index in [9.17, 15) is 0 Å². The zero-order valence-electron chi connectivity index (χ0n) is 7.98. The fourth-order valence-corrected chi connectivity index (χ4v) is 2.72. The van der Waals surface area contributed by atoms with Gasteiger partial charge in [-0.05, 0) is 25.5 Å². The van der Waals surface area contributed by atoms with Gasteiger partial charge in [0.25, 0.3) is 0 Å². The van der Waals surface area contributed by atoms with Crippen molar-refractivity contribution in [3.05, 3.63) is 0 Å². The summed E-state index contributed by atoms with van der Waals surface area (Å²) in [4.78, 5) is 2.57. The highest BCUT2D eigenvalue weighted by atomic mass is 127. The largest absolute Gasteiger partial charge is 0.294 e. The molecule has 0 N–H and O–H groups in total. The molecule has 3 heteroatoms. The van der Waals surface area contributed by atoms with Crippen molar-refractivity contribution < 1.29 is 0 Å². The first kappa shape index (κ1) is 11.1. The van der Waals surface area contributed by atoms with Crippen molar-refractivity contribution in [2.24, 2.45) is 0 Å². The molecule has 1 heterocycles. The van der Waals surface area contributed by atoms with Crippen molar-refractivity contribution >= 4 is 34.4 Å². The van der Waals surface area contributed by atoms with Gasteiger partial charge in [-0.1, -0.05) is 29.5 Å². The number of piperidine rings is 1. The van der Waals surface area contributed by atoms with Crippen LogP contribution in [0.1, 0.15) is 26.2 Å². The second-order valence-corrected chi connectivity index (χ2v) is 6.66.